The predicted molar refractivity (Wildman–Crippen MR) is 68.7 cm³/mol. The number of carbonyl (C=O) groups excluding carboxylic acids is 1. The third-order valence-electron chi connectivity index (χ3n) is 2.87. The molecule has 0 aliphatic carbocycles. The van der Waals surface area contributed by atoms with Gasteiger partial charge in [0.1, 0.15) is 5.82 Å². The van der Waals surface area contributed by atoms with Crippen molar-refractivity contribution in [2.24, 2.45) is 5.92 Å². The molecule has 1 aliphatic rings. The molecule has 1 saturated heterocycles. The standard InChI is InChI=1S/C11H15N3O3S/c12-10-2-1-9(6-13-10)14-11(15)5-8-3-4-18(16,17)7-8/h1-2,6,8H,3-5,7H2,(H2,12,13)(H,14,15). The highest BCUT2D eigenvalue weighted by Crippen LogP contribution is 2.22. The molecule has 0 aromatic carbocycles. The third-order valence-corrected chi connectivity index (χ3v) is 4.71. The lowest BCUT2D eigenvalue weighted by atomic mass is 10.1. The highest BCUT2D eigenvalue weighted by Gasteiger charge is 2.29. The van der Waals surface area contributed by atoms with E-state index in [4.69, 9.17) is 5.73 Å². The topological polar surface area (TPSA) is 102 Å². The molecule has 0 saturated carbocycles. The van der Waals surface area contributed by atoms with Crippen molar-refractivity contribution >= 4 is 27.2 Å². The summed E-state index contributed by atoms with van der Waals surface area (Å²) in [7, 11) is -2.93. The highest BCUT2D eigenvalue weighted by atomic mass is 32.2. The van der Waals surface area contributed by atoms with Crippen LogP contribution in [0.15, 0.2) is 18.3 Å². The summed E-state index contributed by atoms with van der Waals surface area (Å²) in [5, 5.41) is 2.67. The maximum absolute atomic E-state index is 11.7. The maximum Gasteiger partial charge on any atom is 0.224 e. The smallest absolute Gasteiger partial charge is 0.224 e. The molecular weight excluding hydrogens is 254 g/mol. The average Bonchev–Trinajstić information content (AvgIpc) is 2.61. The van der Waals surface area contributed by atoms with Gasteiger partial charge in [-0.15, -0.1) is 0 Å². The molecule has 1 fully saturated rings. The number of carbonyl (C=O) groups is 1. The first kappa shape index (κ1) is 12.8. The molecule has 3 N–H and O–H groups in total. The lowest BCUT2D eigenvalue weighted by molar-refractivity contribution is -0.116. The van der Waals surface area contributed by atoms with Crippen molar-refractivity contribution in [1.29, 1.82) is 0 Å². The normalized spacial score (nSPS) is 21.7. The summed E-state index contributed by atoms with van der Waals surface area (Å²) in [6.45, 7) is 0. The molecule has 1 amide bonds. The van der Waals surface area contributed by atoms with Gasteiger partial charge in [0.05, 0.1) is 23.4 Å². The molecule has 2 heterocycles. The van der Waals surface area contributed by atoms with E-state index < -0.39 is 9.84 Å². The zero-order chi connectivity index (χ0) is 13.2. The Kier molecular flexibility index (Phi) is 3.51. The van der Waals surface area contributed by atoms with Crippen LogP contribution in [0.3, 0.4) is 0 Å². The number of sulfone groups is 1. The van der Waals surface area contributed by atoms with Crippen molar-refractivity contribution in [2.45, 2.75) is 12.8 Å². The third kappa shape index (κ3) is 3.43. The lowest BCUT2D eigenvalue weighted by Crippen LogP contribution is -2.17. The Hall–Kier alpha value is -1.63. The molecule has 6 nitrogen and oxygen atoms in total. The fourth-order valence-corrected chi connectivity index (χ4v) is 3.85. The van der Waals surface area contributed by atoms with Crippen LogP contribution in [0, 0.1) is 5.92 Å². The first-order valence-corrected chi connectivity index (χ1v) is 7.48. The van der Waals surface area contributed by atoms with Crippen LogP contribution in [-0.4, -0.2) is 30.8 Å². The maximum atomic E-state index is 11.7. The van der Waals surface area contributed by atoms with E-state index >= 15 is 0 Å². The van der Waals surface area contributed by atoms with Crippen molar-refractivity contribution in [2.75, 3.05) is 22.6 Å². The Labute approximate surface area is 106 Å². The van der Waals surface area contributed by atoms with Crippen LogP contribution in [0.1, 0.15) is 12.8 Å². The second kappa shape index (κ2) is 4.93. The molecule has 98 valence electrons. The van der Waals surface area contributed by atoms with E-state index in [0.717, 1.165) is 0 Å². The number of nitrogens with zero attached hydrogens (tertiary/aromatic N) is 1. The average molecular weight is 269 g/mol. The molecule has 1 aromatic rings. The van der Waals surface area contributed by atoms with Gasteiger partial charge in [0, 0.05) is 6.42 Å². The molecule has 7 heteroatoms. The van der Waals surface area contributed by atoms with Crippen LogP contribution in [0.4, 0.5) is 11.5 Å². The minimum absolute atomic E-state index is 0.0725. The minimum atomic E-state index is -2.93. The van der Waals surface area contributed by atoms with Crippen molar-refractivity contribution in [3.8, 4) is 0 Å². The number of hydrogen-bond donors (Lipinski definition) is 2. The molecule has 0 spiro atoms. The number of nitrogens with two attached hydrogens (primary N) is 1. The number of aromatic nitrogens is 1. The van der Waals surface area contributed by atoms with Crippen LogP contribution in [0.5, 0.6) is 0 Å². The van der Waals surface area contributed by atoms with E-state index in [9.17, 15) is 13.2 Å². The molecule has 0 bridgehead atoms. The van der Waals surface area contributed by atoms with E-state index in [1.165, 1.54) is 6.20 Å². The van der Waals surface area contributed by atoms with E-state index in [0.29, 0.717) is 17.9 Å². The summed E-state index contributed by atoms with van der Waals surface area (Å²) in [5.74, 6) is 0.421. The van der Waals surface area contributed by atoms with Gasteiger partial charge in [0.15, 0.2) is 9.84 Å². The van der Waals surface area contributed by atoms with Gasteiger partial charge in [0.25, 0.3) is 0 Å². The Morgan fingerprint density at radius 3 is 2.83 bits per heavy atom. The van der Waals surface area contributed by atoms with Crippen molar-refractivity contribution in [3.05, 3.63) is 18.3 Å². The van der Waals surface area contributed by atoms with Gasteiger partial charge >= 0.3 is 0 Å². The lowest BCUT2D eigenvalue weighted by Gasteiger charge is -2.08. The molecule has 1 atom stereocenters. The second-order valence-corrected chi connectivity index (χ2v) is 6.72. The molecule has 1 aromatic heterocycles. The number of nitrogen functional groups attached to an aromatic ring is 1. The summed E-state index contributed by atoms with van der Waals surface area (Å²) in [6, 6.07) is 3.25. The van der Waals surface area contributed by atoms with Gasteiger partial charge < -0.3 is 11.1 Å². The minimum Gasteiger partial charge on any atom is -0.384 e. The van der Waals surface area contributed by atoms with Gasteiger partial charge in [-0.05, 0) is 24.5 Å². The Morgan fingerprint density at radius 2 is 2.28 bits per heavy atom. The summed E-state index contributed by atoms with van der Waals surface area (Å²) in [6.07, 6.45) is 2.26. The van der Waals surface area contributed by atoms with Crippen LogP contribution in [0.2, 0.25) is 0 Å². The number of nitrogens with one attached hydrogen (secondary N) is 1. The highest BCUT2D eigenvalue weighted by molar-refractivity contribution is 7.91. The van der Waals surface area contributed by atoms with Gasteiger partial charge in [-0.2, -0.15) is 0 Å². The van der Waals surface area contributed by atoms with E-state index in [1.807, 2.05) is 0 Å². The monoisotopic (exact) mass is 269 g/mol. The number of hydrogen-bond acceptors (Lipinski definition) is 5. The van der Waals surface area contributed by atoms with Crippen LogP contribution >= 0.6 is 0 Å². The SMILES string of the molecule is Nc1ccc(NC(=O)CC2CCS(=O)(=O)C2)cn1. The van der Waals surface area contributed by atoms with Crippen LogP contribution < -0.4 is 11.1 Å². The predicted octanol–water partition coefficient (Wildman–Crippen LogP) is 0.427. The first-order valence-electron chi connectivity index (χ1n) is 5.66. The molecule has 1 unspecified atom stereocenters. The molecule has 0 radical (unpaired) electrons. The van der Waals surface area contributed by atoms with Gasteiger partial charge in [0.2, 0.25) is 5.91 Å². The van der Waals surface area contributed by atoms with Crippen molar-refractivity contribution < 1.29 is 13.2 Å². The number of pyridine rings is 1. The largest absolute Gasteiger partial charge is 0.384 e. The molecule has 2 rings (SSSR count). The Morgan fingerprint density at radius 1 is 1.50 bits per heavy atom. The van der Waals surface area contributed by atoms with Crippen molar-refractivity contribution in [3.63, 3.8) is 0 Å². The summed E-state index contributed by atoms with van der Waals surface area (Å²) in [5.41, 5.74) is 5.99. The van der Waals surface area contributed by atoms with Gasteiger partial charge in [-0.3, -0.25) is 4.79 Å². The fraction of sp³-hybridized carbons (Fsp3) is 0.455. The zero-order valence-electron chi connectivity index (χ0n) is 9.80. The van der Waals surface area contributed by atoms with Crippen LogP contribution in [-0.2, 0) is 14.6 Å². The zero-order valence-corrected chi connectivity index (χ0v) is 10.6. The number of rotatable bonds is 3. The number of anilines is 2. The molecular formula is C11H15N3O3S. The quantitative estimate of drug-likeness (QED) is 0.828. The van der Waals surface area contributed by atoms with Crippen LogP contribution in [0.25, 0.3) is 0 Å². The van der Waals surface area contributed by atoms with E-state index in [2.05, 4.69) is 10.3 Å². The second-order valence-electron chi connectivity index (χ2n) is 4.49. The Bertz CT molecular complexity index is 539. The molecule has 18 heavy (non-hydrogen) atoms. The fourth-order valence-electron chi connectivity index (χ4n) is 1.99. The van der Waals surface area contributed by atoms with Crippen molar-refractivity contribution in [1.82, 2.24) is 4.98 Å². The Balaban J connectivity index is 1.88. The van der Waals surface area contributed by atoms with Gasteiger partial charge in [-0.25, -0.2) is 13.4 Å². The summed E-state index contributed by atoms with van der Waals surface area (Å²) in [4.78, 5) is 15.6. The summed E-state index contributed by atoms with van der Waals surface area (Å²) < 4.78 is 22.5. The summed E-state index contributed by atoms with van der Waals surface area (Å²) >= 11 is 0. The van der Waals surface area contributed by atoms with E-state index in [1.54, 1.807) is 12.1 Å². The number of amides is 1. The van der Waals surface area contributed by atoms with E-state index in [-0.39, 0.29) is 29.8 Å². The first-order chi connectivity index (χ1) is 8.44. The molecule has 1 aliphatic heterocycles. The van der Waals surface area contributed by atoms with Gasteiger partial charge in [-0.1, -0.05) is 0 Å².